The number of ether oxygens (including phenoxy) is 2. The highest BCUT2D eigenvalue weighted by Gasteiger charge is 2.09. The van der Waals surface area contributed by atoms with E-state index in [1.807, 2.05) is 19.9 Å². The third-order valence-corrected chi connectivity index (χ3v) is 2.21. The molecule has 5 nitrogen and oxygen atoms in total. The Labute approximate surface area is 119 Å². The highest BCUT2D eigenvalue weighted by Crippen LogP contribution is 2.29. The van der Waals surface area contributed by atoms with Crippen LogP contribution in [0.3, 0.4) is 0 Å². The molecule has 0 unspecified atom stereocenters. The van der Waals surface area contributed by atoms with Crippen LogP contribution in [0, 0.1) is 0 Å². The largest absolute Gasteiger partial charge is 0.494 e. The van der Waals surface area contributed by atoms with Gasteiger partial charge in [0, 0.05) is 19.0 Å². The van der Waals surface area contributed by atoms with Crippen molar-refractivity contribution in [2.24, 2.45) is 5.73 Å². The molecule has 0 spiro atoms. The lowest BCUT2D eigenvalue weighted by molar-refractivity contribution is -0.116. The molecule has 0 bridgehead atoms. The summed E-state index contributed by atoms with van der Waals surface area (Å²) in [5.74, 6) is 1.20. The summed E-state index contributed by atoms with van der Waals surface area (Å²) in [4.78, 5) is 11.6. The monoisotopic (exact) mass is 288 g/mol. The van der Waals surface area contributed by atoms with Crippen molar-refractivity contribution >= 4 is 24.0 Å². The molecule has 0 fully saturated rings. The normalized spacial score (nSPS) is 9.42. The van der Waals surface area contributed by atoms with Crippen LogP contribution in [0.25, 0.3) is 0 Å². The molecule has 1 aromatic carbocycles. The highest BCUT2D eigenvalue weighted by atomic mass is 35.5. The summed E-state index contributed by atoms with van der Waals surface area (Å²) in [6, 6.07) is 5.35. The Morgan fingerprint density at radius 1 is 1.26 bits per heavy atom. The van der Waals surface area contributed by atoms with Gasteiger partial charge >= 0.3 is 0 Å². The molecule has 1 amide bonds. The first kappa shape index (κ1) is 17.5. The Balaban J connectivity index is 0.00000324. The molecular formula is C13H21ClN2O3. The summed E-state index contributed by atoms with van der Waals surface area (Å²) < 4.78 is 10.8. The van der Waals surface area contributed by atoms with E-state index < -0.39 is 0 Å². The lowest BCUT2D eigenvalue weighted by atomic mass is 10.2. The molecule has 0 aliphatic heterocycles. The number of carbonyl (C=O) groups excluding carboxylic acids is 1. The van der Waals surface area contributed by atoms with Crippen molar-refractivity contribution in [2.75, 3.05) is 25.1 Å². The SMILES string of the molecule is CCOc1ccc(OCC)c(NC(=O)CCN)c1.Cl. The van der Waals surface area contributed by atoms with Crippen molar-refractivity contribution in [3.8, 4) is 11.5 Å². The number of rotatable bonds is 7. The zero-order chi connectivity index (χ0) is 13.4. The van der Waals surface area contributed by atoms with E-state index in [-0.39, 0.29) is 24.7 Å². The van der Waals surface area contributed by atoms with E-state index in [1.54, 1.807) is 12.1 Å². The van der Waals surface area contributed by atoms with Gasteiger partial charge in [-0.1, -0.05) is 0 Å². The molecule has 0 heterocycles. The van der Waals surface area contributed by atoms with Crippen molar-refractivity contribution in [1.29, 1.82) is 0 Å². The van der Waals surface area contributed by atoms with Crippen molar-refractivity contribution in [3.63, 3.8) is 0 Å². The summed E-state index contributed by atoms with van der Waals surface area (Å²) in [6.07, 6.45) is 0.282. The molecule has 0 aliphatic carbocycles. The molecule has 0 atom stereocenters. The first-order valence-electron chi connectivity index (χ1n) is 6.10. The van der Waals surface area contributed by atoms with Gasteiger partial charge in [-0.05, 0) is 26.0 Å². The van der Waals surface area contributed by atoms with Gasteiger partial charge in [0.15, 0.2) is 0 Å². The van der Waals surface area contributed by atoms with Crippen LogP contribution in [0.4, 0.5) is 5.69 Å². The van der Waals surface area contributed by atoms with E-state index >= 15 is 0 Å². The Hall–Kier alpha value is -1.46. The van der Waals surface area contributed by atoms with E-state index in [0.717, 1.165) is 0 Å². The van der Waals surface area contributed by atoms with Crippen LogP contribution in [0.5, 0.6) is 11.5 Å². The first-order chi connectivity index (χ1) is 8.71. The van der Waals surface area contributed by atoms with E-state index in [9.17, 15) is 4.79 Å². The molecule has 108 valence electrons. The van der Waals surface area contributed by atoms with Crippen LogP contribution in [0.2, 0.25) is 0 Å². The molecule has 1 aromatic rings. The average Bonchev–Trinajstić information content (AvgIpc) is 2.33. The predicted molar refractivity (Wildman–Crippen MR) is 78.3 cm³/mol. The van der Waals surface area contributed by atoms with Gasteiger partial charge in [-0.3, -0.25) is 4.79 Å². The molecule has 6 heteroatoms. The summed E-state index contributed by atoms with van der Waals surface area (Å²) in [6.45, 7) is 5.23. The molecule has 1 rings (SSSR count). The number of anilines is 1. The molecule has 0 radical (unpaired) electrons. The maximum absolute atomic E-state index is 11.6. The zero-order valence-corrected chi connectivity index (χ0v) is 12.1. The van der Waals surface area contributed by atoms with E-state index in [2.05, 4.69) is 5.32 Å². The number of hydrogen-bond donors (Lipinski definition) is 2. The fourth-order valence-corrected chi connectivity index (χ4v) is 1.49. The van der Waals surface area contributed by atoms with Gasteiger partial charge in [0.1, 0.15) is 11.5 Å². The minimum Gasteiger partial charge on any atom is -0.494 e. The van der Waals surface area contributed by atoms with Crippen molar-refractivity contribution < 1.29 is 14.3 Å². The quantitative estimate of drug-likeness (QED) is 0.807. The zero-order valence-electron chi connectivity index (χ0n) is 11.3. The second kappa shape index (κ2) is 9.47. The number of halogens is 1. The number of benzene rings is 1. The summed E-state index contributed by atoms with van der Waals surface area (Å²) in [5, 5.41) is 2.77. The highest BCUT2D eigenvalue weighted by molar-refractivity contribution is 5.92. The fourth-order valence-electron chi connectivity index (χ4n) is 1.49. The second-order valence-corrected chi connectivity index (χ2v) is 3.61. The number of carbonyl (C=O) groups is 1. The number of nitrogens with two attached hydrogens (primary N) is 1. The lowest BCUT2D eigenvalue weighted by Gasteiger charge is -2.13. The van der Waals surface area contributed by atoms with Gasteiger partial charge in [-0.15, -0.1) is 12.4 Å². The Kier molecular flexibility index (Phi) is 8.74. The topological polar surface area (TPSA) is 73.6 Å². The van der Waals surface area contributed by atoms with Crippen molar-refractivity contribution in [3.05, 3.63) is 18.2 Å². The maximum atomic E-state index is 11.6. The van der Waals surface area contributed by atoms with Crippen molar-refractivity contribution in [2.45, 2.75) is 20.3 Å². The van der Waals surface area contributed by atoms with E-state index in [4.69, 9.17) is 15.2 Å². The third-order valence-electron chi connectivity index (χ3n) is 2.21. The summed E-state index contributed by atoms with van der Waals surface area (Å²) >= 11 is 0. The summed E-state index contributed by atoms with van der Waals surface area (Å²) in [7, 11) is 0. The second-order valence-electron chi connectivity index (χ2n) is 3.61. The lowest BCUT2D eigenvalue weighted by Crippen LogP contribution is -2.16. The molecule has 0 aromatic heterocycles. The van der Waals surface area contributed by atoms with Crippen LogP contribution < -0.4 is 20.5 Å². The van der Waals surface area contributed by atoms with Gasteiger partial charge in [0.2, 0.25) is 5.91 Å². The van der Waals surface area contributed by atoms with Gasteiger partial charge < -0.3 is 20.5 Å². The Morgan fingerprint density at radius 2 is 1.95 bits per heavy atom. The van der Waals surface area contributed by atoms with Gasteiger partial charge in [-0.25, -0.2) is 0 Å². The average molecular weight is 289 g/mol. The molecule has 0 aliphatic rings. The van der Waals surface area contributed by atoms with Crippen molar-refractivity contribution in [1.82, 2.24) is 0 Å². The van der Waals surface area contributed by atoms with Gasteiger partial charge in [0.05, 0.1) is 18.9 Å². The van der Waals surface area contributed by atoms with Gasteiger partial charge in [-0.2, -0.15) is 0 Å². The Morgan fingerprint density at radius 3 is 2.53 bits per heavy atom. The molecular weight excluding hydrogens is 268 g/mol. The number of nitrogens with one attached hydrogen (secondary N) is 1. The molecule has 0 saturated carbocycles. The summed E-state index contributed by atoms with van der Waals surface area (Å²) in [5.41, 5.74) is 5.95. The molecule has 19 heavy (non-hydrogen) atoms. The first-order valence-corrected chi connectivity index (χ1v) is 6.10. The molecule has 0 saturated heterocycles. The van der Waals surface area contributed by atoms with Crippen LogP contribution in [-0.4, -0.2) is 25.7 Å². The molecule has 3 N–H and O–H groups in total. The number of hydrogen-bond acceptors (Lipinski definition) is 4. The fraction of sp³-hybridized carbons (Fsp3) is 0.462. The van der Waals surface area contributed by atoms with Crippen LogP contribution in [0.15, 0.2) is 18.2 Å². The van der Waals surface area contributed by atoms with E-state index in [1.165, 1.54) is 0 Å². The minimum atomic E-state index is -0.132. The number of amides is 1. The smallest absolute Gasteiger partial charge is 0.225 e. The van der Waals surface area contributed by atoms with Gasteiger partial charge in [0.25, 0.3) is 0 Å². The van der Waals surface area contributed by atoms with E-state index in [0.29, 0.717) is 36.9 Å². The van der Waals surface area contributed by atoms with Crippen LogP contribution in [0.1, 0.15) is 20.3 Å². The van der Waals surface area contributed by atoms with Crippen LogP contribution >= 0.6 is 12.4 Å². The Bertz CT molecular complexity index is 399. The minimum absolute atomic E-state index is 0. The maximum Gasteiger partial charge on any atom is 0.225 e. The predicted octanol–water partition coefficient (Wildman–Crippen LogP) is 2.19. The van der Waals surface area contributed by atoms with Crippen LogP contribution in [-0.2, 0) is 4.79 Å². The third kappa shape index (κ3) is 5.81. The standard InChI is InChI=1S/C13H20N2O3.ClH/c1-3-17-10-5-6-12(18-4-2)11(9-10)15-13(16)7-8-14;/h5-6,9H,3-4,7-8,14H2,1-2H3,(H,15,16);1H.